The van der Waals surface area contributed by atoms with Crippen LogP contribution in [0, 0.1) is 0 Å². The van der Waals surface area contributed by atoms with Crippen molar-refractivity contribution in [2.45, 2.75) is 31.3 Å². The highest BCUT2D eigenvalue weighted by atomic mass is 32.2. The summed E-state index contributed by atoms with van der Waals surface area (Å²) in [6.07, 6.45) is 1.89. The first kappa shape index (κ1) is 24.2. The molecule has 1 aromatic heterocycles. The van der Waals surface area contributed by atoms with Crippen LogP contribution in [0.3, 0.4) is 0 Å². The number of nitrogens with zero attached hydrogens (tertiary/aromatic N) is 2. The minimum Gasteiger partial charge on any atom is -0.481 e. The number of fused-ring (bicyclic) bond motifs is 1. The van der Waals surface area contributed by atoms with Crippen molar-refractivity contribution < 1.29 is 33.0 Å². The van der Waals surface area contributed by atoms with Crippen molar-refractivity contribution in [3.8, 4) is 0 Å². The van der Waals surface area contributed by atoms with Crippen LogP contribution in [0.5, 0.6) is 0 Å². The van der Waals surface area contributed by atoms with Gasteiger partial charge in [0.15, 0.2) is 9.84 Å². The molecule has 2 aliphatic rings. The number of amides is 1. The van der Waals surface area contributed by atoms with Crippen molar-refractivity contribution in [2.75, 3.05) is 43.0 Å². The van der Waals surface area contributed by atoms with Crippen molar-refractivity contribution in [1.29, 1.82) is 0 Å². The summed E-state index contributed by atoms with van der Waals surface area (Å²) < 4.78 is 23.6. The van der Waals surface area contributed by atoms with Gasteiger partial charge in [-0.1, -0.05) is 6.07 Å². The number of sulfone groups is 1. The molecule has 11 nitrogen and oxygen atoms in total. The van der Waals surface area contributed by atoms with Gasteiger partial charge < -0.3 is 20.5 Å². The fourth-order valence-corrected chi connectivity index (χ4v) is 6.57. The van der Waals surface area contributed by atoms with E-state index in [4.69, 9.17) is 5.11 Å². The molecule has 2 aromatic rings. The summed E-state index contributed by atoms with van der Waals surface area (Å²) in [6, 6.07) is 4.24. The summed E-state index contributed by atoms with van der Waals surface area (Å²) in [6.45, 7) is 2.24. The summed E-state index contributed by atoms with van der Waals surface area (Å²) in [4.78, 5) is 41.9. The van der Waals surface area contributed by atoms with E-state index in [1.807, 2.05) is 4.90 Å². The first-order valence-electron chi connectivity index (χ1n) is 11.2. The smallest absolute Gasteiger partial charge is 0.325 e. The zero-order valence-electron chi connectivity index (χ0n) is 18.6. The molecule has 3 heterocycles. The average Bonchev–Trinajstić information content (AvgIpc) is 3.35. The maximum atomic E-state index is 12.2. The molecular weight excluding hydrogens is 464 g/mol. The highest BCUT2D eigenvalue weighted by Gasteiger charge is 2.37. The summed E-state index contributed by atoms with van der Waals surface area (Å²) in [5.41, 5.74) is 1.76. The molecule has 1 aromatic carbocycles. The second kappa shape index (κ2) is 9.72. The molecule has 2 fully saturated rings. The van der Waals surface area contributed by atoms with E-state index in [2.05, 4.69) is 15.2 Å². The van der Waals surface area contributed by atoms with E-state index in [1.54, 1.807) is 24.4 Å². The number of rotatable bonds is 8. The molecule has 0 saturated carbocycles. The van der Waals surface area contributed by atoms with Gasteiger partial charge in [-0.25, -0.2) is 8.42 Å². The molecule has 0 spiro atoms. The number of carboxylic acids is 2. The van der Waals surface area contributed by atoms with Gasteiger partial charge in [0.1, 0.15) is 6.04 Å². The number of aliphatic carboxylic acids is 2. The number of H-pyrrole nitrogens is 1. The Morgan fingerprint density at radius 1 is 1.12 bits per heavy atom. The predicted octanol–water partition coefficient (Wildman–Crippen LogP) is 0.902. The second-order valence-electron chi connectivity index (χ2n) is 8.82. The van der Waals surface area contributed by atoms with Crippen LogP contribution < -0.4 is 5.32 Å². The van der Waals surface area contributed by atoms with Gasteiger partial charge in [0.25, 0.3) is 0 Å². The summed E-state index contributed by atoms with van der Waals surface area (Å²) >= 11 is 0. The molecule has 184 valence electrons. The average molecular weight is 493 g/mol. The molecule has 0 bridgehead atoms. The zero-order chi connectivity index (χ0) is 24.5. The van der Waals surface area contributed by atoms with Crippen LogP contribution in [0.25, 0.3) is 10.9 Å². The van der Waals surface area contributed by atoms with Gasteiger partial charge in [0.05, 0.1) is 17.9 Å². The van der Waals surface area contributed by atoms with Gasteiger partial charge in [-0.2, -0.15) is 0 Å². The third-order valence-corrected chi connectivity index (χ3v) is 8.28. The van der Waals surface area contributed by atoms with Crippen LogP contribution >= 0.6 is 0 Å². The van der Waals surface area contributed by atoms with Gasteiger partial charge in [0, 0.05) is 67.0 Å². The monoisotopic (exact) mass is 492 g/mol. The molecule has 12 heteroatoms. The SMILES string of the molecule is O=C(O)CCC(=O)Nc1ccc2c([C@@H](C(=O)O)N3CCN([C@@H]4CCS(=O)(=O)C4)CC3)c[nH]c2c1. The summed E-state index contributed by atoms with van der Waals surface area (Å²) in [5, 5.41) is 22.1. The molecule has 4 rings (SSSR count). The fourth-order valence-electron chi connectivity index (χ4n) is 4.81. The van der Waals surface area contributed by atoms with E-state index >= 15 is 0 Å². The lowest BCUT2D eigenvalue weighted by Gasteiger charge is -2.39. The number of hydrogen-bond donors (Lipinski definition) is 4. The lowest BCUT2D eigenvalue weighted by molar-refractivity contribution is -0.144. The standard InChI is InChI=1S/C22H28N4O7S/c27-19(3-4-20(28)29)24-14-1-2-16-17(12-23-18(16)11-14)21(22(30)31)26-8-6-25(7-9-26)15-5-10-34(32,33)13-15/h1-2,11-12,15,21,23H,3-10,13H2,(H,24,27)(H,28,29)(H,30,31)/t15-,21+/m1/s1. The largest absolute Gasteiger partial charge is 0.481 e. The van der Waals surface area contributed by atoms with E-state index < -0.39 is 33.7 Å². The number of carboxylic acid groups (broad SMARTS) is 2. The lowest BCUT2D eigenvalue weighted by atomic mass is 10.0. The number of aromatic amines is 1. The van der Waals surface area contributed by atoms with E-state index in [9.17, 15) is 27.9 Å². The Morgan fingerprint density at radius 3 is 2.47 bits per heavy atom. The number of aromatic nitrogens is 1. The molecule has 4 N–H and O–H groups in total. The van der Waals surface area contributed by atoms with Crippen molar-refractivity contribution in [2.24, 2.45) is 0 Å². The van der Waals surface area contributed by atoms with Gasteiger partial charge in [-0.15, -0.1) is 0 Å². The Morgan fingerprint density at radius 2 is 1.85 bits per heavy atom. The Hall–Kier alpha value is -2.96. The lowest BCUT2D eigenvalue weighted by Crippen LogP contribution is -2.52. The highest BCUT2D eigenvalue weighted by molar-refractivity contribution is 7.91. The minimum absolute atomic E-state index is 0.00708. The van der Waals surface area contributed by atoms with Crippen LogP contribution in [0.1, 0.15) is 30.9 Å². The van der Waals surface area contributed by atoms with Crippen molar-refractivity contribution in [3.05, 3.63) is 30.0 Å². The molecule has 34 heavy (non-hydrogen) atoms. The number of anilines is 1. The van der Waals surface area contributed by atoms with Crippen LogP contribution in [0.2, 0.25) is 0 Å². The number of nitrogens with one attached hydrogen (secondary N) is 2. The maximum absolute atomic E-state index is 12.2. The normalized spacial score (nSPS) is 21.9. The topological polar surface area (TPSA) is 160 Å². The number of carbonyl (C=O) groups excluding carboxylic acids is 1. The summed E-state index contributed by atoms with van der Waals surface area (Å²) in [7, 11) is -2.97. The summed E-state index contributed by atoms with van der Waals surface area (Å²) in [5.74, 6) is -2.04. The van der Waals surface area contributed by atoms with Crippen molar-refractivity contribution in [3.63, 3.8) is 0 Å². The van der Waals surface area contributed by atoms with E-state index in [-0.39, 0.29) is 30.4 Å². The third-order valence-electron chi connectivity index (χ3n) is 6.53. The quantitative estimate of drug-likeness (QED) is 0.420. The van der Waals surface area contributed by atoms with E-state index in [1.165, 1.54) is 0 Å². The van der Waals surface area contributed by atoms with Gasteiger partial charge >= 0.3 is 11.9 Å². The number of piperazine rings is 1. The van der Waals surface area contributed by atoms with Crippen molar-refractivity contribution >= 4 is 44.3 Å². The maximum Gasteiger partial charge on any atom is 0.325 e. The van der Waals surface area contributed by atoms with E-state index in [0.29, 0.717) is 49.4 Å². The van der Waals surface area contributed by atoms with Crippen LogP contribution in [0.15, 0.2) is 24.4 Å². The molecule has 2 saturated heterocycles. The highest BCUT2D eigenvalue weighted by Crippen LogP contribution is 2.31. The third kappa shape index (κ3) is 5.40. The van der Waals surface area contributed by atoms with Gasteiger partial charge in [0.2, 0.25) is 5.91 Å². The number of benzene rings is 1. The minimum atomic E-state index is -2.97. The van der Waals surface area contributed by atoms with Gasteiger partial charge in [-0.3, -0.25) is 24.2 Å². The van der Waals surface area contributed by atoms with Crippen molar-refractivity contribution in [1.82, 2.24) is 14.8 Å². The van der Waals surface area contributed by atoms with Crippen LogP contribution in [-0.2, 0) is 24.2 Å². The first-order valence-corrected chi connectivity index (χ1v) is 13.0. The molecule has 1 amide bonds. The Labute approximate surface area is 196 Å². The Kier molecular flexibility index (Phi) is 6.91. The Bertz CT molecular complexity index is 1200. The number of carbonyl (C=O) groups is 3. The Balaban J connectivity index is 1.45. The van der Waals surface area contributed by atoms with Crippen LogP contribution in [0.4, 0.5) is 5.69 Å². The second-order valence-corrected chi connectivity index (χ2v) is 11.0. The van der Waals surface area contributed by atoms with Gasteiger partial charge in [-0.05, 0) is 18.6 Å². The molecule has 0 aliphatic carbocycles. The zero-order valence-corrected chi connectivity index (χ0v) is 19.4. The fraction of sp³-hybridized carbons (Fsp3) is 0.500. The predicted molar refractivity (Wildman–Crippen MR) is 124 cm³/mol. The number of hydrogen-bond acceptors (Lipinski definition) is 7. The molecule has 0 unspecified atom stereocenters. The molecule has 2 atom stereocenters. The molecule has 0 radical (unpaired) electrons. The molecule has 2 aliphatic heterocycles. The first-order chi connectivity index (χ1) is 16.1. The molecular formula is C22H28N4O7S. The van der Waals surface area contributed by atoms with E-state index in [0.717, 1.165) is 5.39 Å². The van der Waals surface area contributed by atoms with Crippen LogP contribution in [-0.4, -0.2) is 95.0 Å².